The number of hydrogen-bond acceptors (Lipinski definition) is 6. The van der Waals surface area contributed by atoms with E-state index in [2.05, 4.69) is 10.1 Å². The van der Waals surface area contributed by atoms with Gasteiger partial charge < -0.3 is 9.42 Å². The second-order valence-electron chi connectivity index (χ2n) is 7.20. The van der Waals surface area contributed by atoms with Gasteiger partial charge in [-0.25, -0.2) is 0 Å². The monoisotopic (exact) mass is 422 g/mol. The maximum atomic E-state index is 12.6. The quantitative estimate of drug-likeness (QED) is 0.599. The summed E-state index contributed by atoms with van der Waals surface area (Å²) in [5, 5.41) is 4.56. The van der Waals surface area contributed by atoms with Gasteiger partial charge in [0.25, 0.3) is 11.8 Å². The lowest BCUT2D eigenvalue weighted by molar-refractivity contribution is -0.136. The van der Waals surface area contributed by atoms with Crippen LogP contribution in [0.4, 0.5) is 0 Å². The Bertz CT molecular complexity index is 1150. The summed E-state index contributed by atoms with van der Waals surface area (Å²) >= 11 is 5.99. The Labute approximate surface area is 176 Å². The summed E-state index contributed by atoms with van der Waals surface area (Å²) < 4.78 is 5.34. The molecular weight excluding hydrogens is 408 g/mol. The van der Waals surface area contributed by atoms with Gasteiger partial charge in [-0.2, -0.15) is 4.98 Å². The van der Waals surface area contributed by atoms with Crippen LogP contribution in [0.2, 0.25) is 5.02 Å². The zero-order valence-corrected chi connectivity index (χ0v) is 16.4. The average Bonchev–Trinajstić information content (AvgIpc) is 3.27. The molecule has 0 radical (unpaired) electrons. The van der Waals surface area contributed by atoms with E-state index in [1.165, 1.54) is 0 Å². The molecule has 2 aliphatic heterocycles. The number of carbonyl (C=O) groups is 3. The number of hydrogen-bond donors (Lipinski definition) is 0. The van der Waals surface area contributed by atoms with E-state index in [0.29, 0.717) is 41.0 Å². The Balaban J connectivity index is 1.21. The van der Waals surface area contributed by atoms with Crippen molar-refractivity contribution in [3.05, 3.63) is 70.6 Å². The summed E-state index contributed by atoms with van der Waals surface area (Å²) in [6, 6.07) is 13.7. The molecule has 0 aliphatic carbocycles. The number of amides is 3. The van der Waals surface area contributed by atoms with Crippen molar-refractivity contribution in [1.29, 1.82) is 0 Å². The van der Waals surface area contributed by atoms with Crippen molar-refractivity contribution in [3.8, 4) is 11.4 Å². The number of halogens is 1. The molecule has 3 aromatic rings. The number of fused-ring (bicyclic) bond motifs is 1. The number of aromatic nitrogens is 2. The van der Waals surface area contributed by atoms with Gasteiger partial charge in [0.1, 0.15) is 6.54 Å². The Kier molecular flexibility index (Phi) is 4.36. The SMILES string of the molecule is O=C(CN1C(=O)c2ccccc2C1=O)N1CC(c2nc(-c3cccc(Cl)c3)no2)C1. The van der Waals surface area contributed by atoms with Gasteiger partial charge in [-0.3, -0.25) is 19.3 Å². The molecule has 1 saturated heterocycles. The molecule has 5 rings (SSSR count). The zero-order chi connectivity index (χ0) is 20.8. The molecular formula is C21H15ClN4O4. The van der Waals surface area contributed by atoms with Crippen LogP contribution in [-0.4, -0.2) is 57.3 Å². The van der Waals surface area contributed by atoms with Crippen molar-refractivity contribution in [2.45, 2.75) is 5.92 Å². The van der Waals surface area contributed by atoms with Crippen molar-refractivity contribution in [1.82, 2.24) is 19.9 Å². The maximum absolute atomic E-state index is 12.6. The lowest BCUT2D eigenvalue weighted by atomic mass is 10.00. The topological polar surface area (TPSA) is 96.6 Å². The highest BCUT2D eigenvalue weighted by Gasteiger charge is 2.40. The second-order valence-corrected chi connectivity index (χ2v) is 7.64. The van der Waals surface area contributed by atoms with E-state index in [1.54, 1.807) is 47.4 Å². The molecule has 2 aliphatic rings. The van der Waals surface area contributed by atoms with Gasteiger partial charge in [-0.15, -0.1) is 0 Å². The van der Waals surface area contributed by atoms with Crippen LogP contribution in [0.25, 0.3) is 11.4 Å². The highest BCUT2D eigenvalue weighted by Crippen LogP contribution is 2.29. The Morgan fingerprint density at radius 2 is 1.77 bits per heavy atom. The zero-order valence-electron chi connectivity index (χ0n) is 15.6. The molecule has 2 aromatic carbocycles. The molecule has 3 heterocycles. The van der Waals surface area contributed by atoms with Crippen LogP contribution >= 0.6 is 11.6 Å². The van der Waals surface area contributed by atoms with E-state index in [9.17, 15) is 14.4 Å². The highest BCUT2D eigenvalue weighted by atomic mass is 35.5. The van der Waals surface area contributed by atoms with Gasteiger partial charge in [0.15, 0.2) is 0 Å². The fraction of sp³-hybridized carbons (Fsp3) is 0.190. The van der Waals surface area contributed by atoms with E-state index >= 15 is 0 Å². The molecule has 1 aromatic heterocycles. The molecule has 0 saturated carbocycles. The van der Waals surface area contributed by atoms with Crippen molar-refractivity contribution in [3.63, 3.8) is 0 Å². The van der Waals surface area contributed by atoms with Gasteiger partial charge in [-0.1, -0.05) is 41.0 Å². The fourth-order valence-corrected chi connectivity index (χ4v) is 3.79. The van der Waals surface area contributed by atoms with Crippen molar-refractivity contribution < 1.29 is 18.9 Å². The van der Waals surface area contributed by atoms with Gasteiger partial charge >= 0.3 is 0 Å². The molecule has 0 bridgehead atoms. The number of likely N-dealkylation sites (tertiary alicyclic amines) is 1. The third-order valence-corrected chi connectivity index (χ3v) is 5.51. The number of imide groups is 1. The van der Waals surface area contributed by atoms with Gasteiger partial charge in [0, 0.05) is 23.7 Å². The Morgan fingerprint density at radius 1 is 1.07 bits per heavy atom. The first-order chi connectivity index (χ1) is 14.5. The second kappa shape index (κ2) is 7.07. The van der Waals surface area contributed by atoms with Crippen LogP contribution in [0, 0.1) is 0 Å². The largest absolute Gasteiger partial charge is 0.339 e. The van der Waals surface area contributed by atoms with Crippen LogP contribution in [0.15, 0.2) is 53.1 Å². The molecule has 0 N–H and O–H groups in total. The predicted molar refractivity (Wildman–Crippen MR) is 106 cm³/mol. The first kappa shape index (κ1) is 18.5. The van der Waals surface area contributed by atoms with E-state index in [1.807, 2.05) is 6.07 Å². The number of rotatable bonds is 4. The van der Waals surface area contributed by atoms with Crippen LogP contribution in [0.3, 0.4) is 0 Å². The van der Waals surface area contributed by atoms with E-state index in [0.717, 1.165) is 10.5 Å². The molecule has 1 fully saturated rings. The van der Waals surface area contributed by atoms with E-state index in [-0.39, 0.29) is 18.4 Å². The van der Waals surface area contributed by atoms with E-state index < -0.39 is 11.8 Å². The van der Waals surface area contributed by atoms with Crippen LogP contribution in [0.1, 0.15) is 32.5 Å². The lowest BCUT2D eigenvalue weighted by Crippen LogP contribution is -2.52. The first-order valence-corrected chi connectivity index (χ1v) is 9.71. The molecule has 0 unspecified atom stereocenters. The summed E-state index contributed by atoms with van der Waals surface area (Å²) in [7, 11) is 0. The summed E-state index contributed by atoms with van der Waals surface area (Å²) in [4.78, 5) is 44.3. The van der Waals surface area contributed by atoms with Crippen LogP contribution < -0.4 is 0 Å². The fourth-order valence-electron chi connectivity index (χ4n) is 3.60. The van der Waals surface area contributed by atoms with Gasteiger partial charge in [0.2, 0.25) is 17.6 Å². The minimum atomic E-state index is -0.441. The molecule has 0 spiro atoms. The maximum Gasteiger partial charge on any atom is 0.262 e. The van der Waals surface area contributed by atoms with E-state index in [4.69, 9.17) is 16.1 Å². The summed E-state index contributed by atoms with van der Waals surface area (Å²) in [5.41, 5.74) is 1.41. The van der Waals surface area contributed by atoms with Crippen molar-refractivity contribution in [2.75, 3.05) is 19.6 Å². The highest BCUT2D eigenvalue weighted by molar-refractivity contribution is 6.30. The normalized spacial score (nSPS) is 16.0. The first-order valence-electron chi connectivity index (χ1n) is 9.34. The van der Waals surface area contributed by atoms with Crippen molar-refractivity contribution >= 4 is 29.3 Å². The third kappa shape index (κ3) is 3.05. The third-order valence-electron chi connectivity index (χ3n) is 5.28. The average molecular weight is 423 g/mol. The standard InChI is InChI=1S/C21H15ClN4O4/c22-14-5-3-4-12(8-14)18-23-19(30-24-18)13-9-25(10-13)17(27)11-26-20(28)15-6-1-2-7-16(15)21(26)29/h1-8,13H,9-11H2. The van der Waals surface area contributed by atoms with Gasteiger partial charge in [-0.05, 0) is 24.3 Å². The minimum absolute atomic E-state index is 0.0865. The number of benzene rings is 2. The molecule has 8 nitrogen and oxygen atoms in total. The Hall–Kier alpha value is -3.52. The molecule has 30 heavy (non-hydrogen) atoms. The van der Waals surface area contributed by atoms with Gasteiger partial charge in [0.05, 0.1) is 17.0 Å². The summed E-state index contributed by atoms with van der Waals surface area (Å²) in [6.07, 6.45) is 0. The molecule has 150 valence electrons. The molecule has 9 heteroatoms. The number of carbonyl (C=O) groups excluding carboxylic acids is 3. The molecule has 0 atom stereocenters. The van der Waals surface area contributed by atoms with Crippen LogP contribution in [0.5, 0.6) is 0 Å². The lowest BCUT2D eigenvalue weighted by Gasteiger charge is -2.37. The minimum Gasteiger partial charge on any atom is -0.339 e. The summed E-state index contributed by atoms with van der Waals surface area (Å²) in [6.45, 7) is 0.495. The molecule has 3 amide bonds. The van der Waals surface area contributed by atoms with Crippen LogP contribution in [-0.2, 0) is 4.79 Å². The summed E-state index contributed by atoms with van der Waals surface area (Å²) in [5.74, 6) is -0.391. The van der Waals surface area contributed by atoms with Crippen molar-refractivity contribution in [2.24, 2.45) is 0 Å². The smallest absolute Gasteiger partial charge is 0.262 e. The number of nitrogens with zero attached hydrogens (tertiary/aromatic N) is 4. The Morgan fingerprint density at radius 3 is 2.43 bits per heavy atom. The predicted octanol–water partition coefficient (Wildman–Crippen LogP) is 2.61.